The number of esters is 3. The van der Waals surface area contributed by atoms with Gasteiger partial charge in [0.05, 0.1) is 41.4 Å². The Kier molecular flexibility index (Phi) is 14.5. The van der Waals surface area contributed by atoms with E-state index in [-0.39, 0.29) is 19.6 Å². The summed E-state index contributed by atoms with van der Waals surface area (Å²) in [5.74, 6) is -1.76. The standard InChI is InChI=1S/C65H56N4O8/c1-7-75-64(73)54-37-56(66-41(54)5)61(57-38-55(42(6)67-57)65(74)76-8-2)59-39(3)35-49(36-40(59)4)77-58(70)24-15-17-43-25-29-48(30-26-43)69-62(71)52-23-16-22-51-50(33-34-53(60(51)52)63(69)72)44-27-31-47(32-28-44)68(45-18-11-9-12-19-45)46-20-13-10-14-21-46/h9-14,16,18-23,25-38,66H,7-8,15,17,24H2,1-6H3/b61-57+. The van der Waals surface area contributed by atoms with E-state index in [2.05, 4.69) is 58.4 Å². The summed E-state index contributed by atoms with van der Waals surface area (Å²) in [4.78, 5) is 79.2. The van der Waals surface area contributed by atoms with Crippen LogP contribution in [0.4, 0.5) is 22.7 Å². The lowest BCUT2D eigenvalue weighted by Gasteiger charge is -2.28. The number of nitrogens with zero attached hydrogens (tertiary/aromatic N) is 3. The number of aromatic nitrogens is 1. The fourth-order valence-corrected chi connectivity index (χ4v) is 10.4. The van der Waals surface area contributed by atoms with Crippen molar-refractivity contribution in [2.45, 2.75) is 60.8 Å². The van der Waals surface area contributed by atoms with Crippen LogP contribution < -0.4 is 14.5 Å². The van der Waals surface area contributed by atoms with Crippen molar-refractivity contribution in [3.63, 3.8) is 0 Å². The van der Waals surface area contributed by atoms with Crippen LogP contribution in [0.2, 0.25) is 0 Å². The topological polar surface area (TPSA) is 148 Å². The number of amides is 2. The zero-order valence-electron chi connectivity index (χ0n) is 43.7. The molecule has 2 aliphatic heterocycles. The molecule has 0 unspecified atom stereocenters. The van der Waals surface area contributed by atoms with E-state index in [0.717, 1.165) is 55.8 Å². The number of carbonyl (C=O) groups is 5. The van der Waals surface area contributed by atoms with Gasteiger partial charge in [-0.2, -0.15) is 0 Å². The molecule has 0 saturated carbocycles. The van der Waals surface area contributed by atoms with Gasteiger partial charge in [-0.25, -0.2) is 14.5 Å². The summed E-state index contributed by atoms with van der Waals surface area (Å²) in [7, 11) is 0. The van der Waals surface area contributed by atoms with E-state index in [1.54, 1.807) is 70.2 Å². The molecule has 1 N–H and O–H groups in total. The van der Waals surface area contributed by atoms with E-state index < -0.39 is 29.7 Å². The van der Waals surface area contributed by atoms with Crippen molar-refractivity contribution in [1.82, 2.24) is 4.98 Å². The highest BCUT2D eigenvalue weighted by Gasteiger charge is 2.35. The molecule has 8 aromatic rings. The maximum Gasteiger partial charge on any atom is 0.340 e. The van der Waals surface area contributed by atoms with Gasteiger partial charge in [-0.1, -0.05) is 78.9 Å². The highest BCUT2D eigenvalue weighted by Crippen LogP contribution is 2.41. The van der Waals surface area contributed by atoms with Gasteiger partial charge in [-0.15, -0.1) is 0 Å². The Morgan fingerprint density at radius 3 is 1.87 bits per heavy atom. The molecule has 2 amide bonds. The van der Waals surface area contributed by atoms with Crippen LogP contribution in [0, 0.1) is 20.8 Å². The summed E-state index contributed by atoms with van der Waals surface area (Å²) in [6.07, 6.45) is 2.88. The fourth-order valence-electron chi connectivity index (χ4n) is 10.4. The molecule has 77 heavy (non-hydrogen) atoms. The van der Waals surface area contributed by atoms with Crippen LogP contribution in [0.15, 0.2) is 180 Å². The maximum absolute atomic E-state index is 14.3. The minimum absolute atomic E-state index is 0.139. The van der Waals surface area contributed by atoms with Gasteiger partial charge < -0.3 is 24.1 Å². The van der Waals surface area contributed by atoms with E-state index >= 15 is 0 Å². The Morgan fingerprint density at radius 2 is 1.23 bits per heavy atom. The molecule has 0 aliphatic carbocycles. The first-order chi connectivity index (χ1) is 37.3. The SMILES string of the molecule is CCOC(=O)C1=C/C(=C(/c2cc(C(=O)OCC)c(C)[nH]2)c2c(C)cc(OC(=O)CCCc3ccc(N4C(=O)c5cccc6c(-c7ccc(N(c8ccccc8)c8ccccc8)cc7)ccc(c56)C4=O)cc3)cc2C)N=C1C. The Labute approximate surface area is 447 Å². The van der Waals surface area contributed by atoms with Crippen LogP contribution in [0.25, 0.3) is 27.5 Å². The Morgan fingerprint density at radius 1 is 0.636 bits per heavy atom. The molecule has 12 heteroatoms. The quantitative estimate of drug-likeness (QED) is 0.0567. The van der Waals surface area contributed by atoms with Crippen LogP contribution in [0.1, 0.15) is 98.3 Å². The number of anilines is 4. The number of imide groups is 1. The van der Waals surface area contributed by atoms with E-state index in [4.69, 9.17) is 19.2 Å². The first-order valence-electron chi connectivity index (χ1n) is 25.8. The lowest BCUT2D eigenvalue weighted by Crippen LogP contribution is -2.40. The van der Waals surface area contributed by atoms with Crippen LogP contribution in [-0.2, 0) is 25.5 Å². The molecule has 0 fully saturated rings. The van der Waals surface area contributed by atoms with Gasteiger partial charge in [0.25, 0.3) is 11.8 Å². The molecular weight excluding hydrogens is 965 g/mol. The zero-order chi connectivity index (χ0) is 53.9. The fraction of sp³-hybridized carbons (Fsp3) is 0.169. The number of nitrogens with one attached hydrogen (secondary N) is 1. The third kappa shape index (κ3) is 10.1. The molecule has 0 atom stereocenters. The predicted molar refractivity (Wildman–Crippen MR) is 301 cm³/mol. The van der Waals surface area contributed by atoms with Crippen molar-refractivity contribution in [2.24, 2.45) is 4.99 Å². The molecule has 0 bridgehead atoms. The molecule has 1 aromatic heterocycles. The number of hydrogen-bond acceptors (Lipinski definition) is 10. The molecule has 10 rings (SSSR count). The number of hydrogen-bond donors (Lipinski definition) is 1. The molecule has 0 spiro atoms. The normalized spacial score (nSPS) is 13.6. The van der Waals surface area contributed by atoms with Gasteiger partial charge in [-0.05, 0) is 178 Å². The Balaban J connectivity index is 0.815. The number of ether oxygens (including phenoxy) is 3. The molecule has 0 radical (unpaired) electrons. The first-order valence-corrected chi connectivity index (χ1v) is 25.8. The summed E-state index contributed by atoms with van der Waals surface area (Å²) < 4.78 is 16.5. The number of aromatic amines is 1. The Hall–Kier alpha value is -9.42. The van der Waals surface area contributed by atoms with Crippen molar-refractivity contribution >= 4 is 74.5 Å². The van der Waals surface area contributed by atoms with Gasteiger partial charge in [0, 0.05) is 57.0 Å². The van der Waals surface area contributed by atoms with Crippen molar-refractivity contribution in [3.8, 4) is 16.9 Å². The average molecular weight is 1020 g/mol. The van der Waals surface area contributed by atoms with E-state index in [9.17, 15) is 24.0 Å². The first kappa shape index (κ1) is 51.1. The monoisotopic (exact) mass is 1020 g/mol. The summed E-state index contributed by atoms with van der Waals surface area (Å²) in [6, 6.07) is 50.7. The Bertz CT molecular complexity index is 3660. The van der Waals surface area contributed by atoms with Crippen LogP contribution in [0.3, 0.4) is 0 Å². The second-order valence-electron chi connectivity index (χ2n) is 19.0. The minimum Gasteiger partial charge on any atom is -0.462 e. The predicted octanol–water partition coefficient (Wildman–Crippen LogP) is 13.9. The smallest absolute Gasteiger partial charge is 0.340 e. The van der Waals surface area contributed by atoms with Crippen LogP contribution in [-0.4, -0.2) is 53.6 Å². The number of rotatable bonds is 16. The third-order valence-electron chi connectivity index (χ3n) is 13.9. The van der Waals surface area contributed by atoms with Gasteiger partial charge in [0.1, 0.15) is 5.75 Å². The van der Waals surface area contributed by atoms with Crippen LogP contribution >= 0.6 is 0 Å². The zero-order valence-corrected chi connectivity index (χ0v) is 43.7. The second-order valence-corrected chi connectivity index (χ2v) is 19.0. The summed E-state index contributed by atoms with van der Waals surface area (Å²) >= 11 is 0. The largest absolute Gasteiger partial charge is 0.462 e. The number of benzene rings is 7. The van der Waals surface area contributed by atoms with Crippen molar-refractivity contribution in [3.05, 3.63) is 225 Å². The molecule has 3 heterocycles. The van der Waals surface area contributed by atoms with Gasteiger partial charge in [0.15, 0.2) is 0 Å². The molecule has 0 saturated heterocycles. The molecule has 12 nitrogen and oxygen atoms in total. The van der Waals surface area contributed by atoms with E-state index in [0.29, 0.717) is 80.3 Å². The van der Waals surface area contributed by atoms with Crippen LogP contribution in [0.5, 0.6) is 5.75 Å². The highest BCUT2D eigenvalue weighted by molar-refractivity contribution is 6.36. The van der Waals surface area contributed by atoms with E-state index in [1.165, 1.54) is 4.90 Å². The van der Waals surface area contributed by atoms with Crippen molar-refractivity contribution < 1.29 is 38.2 Å². The summed E-state index contributed by atoms with van der Waals surface area (Å²) in [5, 5.41) is 1.46. The highest BCUT2D eigenvalue weighted by atomic mass is 16.5. The molecule has 384 valence electrons. The number of H-pyrrole nitrogens is 1. The average Bonchev–Trinajstić information content (AvgIpc) is 4.11. The number of aliphatic imine (C=N–C) groups is 1. The van der Waals surface area contributed by atoms with E-state index in [1.807, 2.05) is 86.6 Å². The van der Waals surface area contributed by atoms with Crippen molar-refractivity contribution in [2.75, 3.05) is 23.0 Å². The van der Waals surface area contributed by atoms with Crippen molar-refractivity contribution in [1.29, 1.82) is 0 Å². The molecule has 7 aromatic carbocycles. The summed E-state index contributed by atoms with van der Waals surface area (Å²) in [5.41, 5.74) is 13.2. The molecular formula is C65H56N4O8. The van der Waals surface area contributed by atoms with Gasteiger partial charge >= 0.3 is 17.9 Å². The maximum atomic E-state index is 14.3. The lowest BCUT2D eigenvalue weighted by molar-refractivity contribution is -0.138. The summed E-state index contributed by atoms with van der Waals surface area (Å²) in [6.45, 7) is 11.3. The molecule has 2 aliphatic rings. The van der Waals surface area contributed by atoms with Gasteiger partial charge in [0.2, 0.25) is 0 Å². The van der Waals surface area contributed by atoms with Gasteiger partial charge in [-0.3, -0.25) is 19.4 Å². The number of carbonyl (C=O) groups excluding carboxylic acids is 5. The third-order valence-corrected chi connectivity index (χ3v) is 13.9. The number of aryl methyl sites for hydroxylation is 4. The lowest BCUT2D eigenvalue weighted by atomic mass is 9.89. The number of allylic oxidation sites excluding steroid dienone is 1. The number of para-hydroxylation sites is 2. The minimum atomic E-state index is -0.481. The second kappa shape index (κ2) is 21.8.